The molecule has 0 radical (unpaired) electrons. The topological polar surface area (TPSA) is 69.6 Å². The highest BCUT2D eigenvalue weighted by molar-refractivity contribution is 5.85. The summed E-state index contributed by atoms with van der Waals surface area (Å²) in [5, 5.41) is 11.3. The maximum Gasteiger partial charge on any atom is 0.328 e. The Bertz CT molecular complexity index is 252. The zero-order valence-corrected chi connectivity index (χ0v) is 10.5. The molecule has 0 aliphatic carbocycles. The summed E-state index contributed by atoms with van der Waals surface area (Å²) in [5.74, 6) is -1.04. The van der Waals surface area contributed by atoms with E-state index in [1.807, 2.05) is 0 Å². The van der Waals surface area contributed by atoms with Gasteiger partial charge in [0.2, 0.25) is 0 Å². The quantitative estimate of drug-likeness (QED) is 0.682. The second-order valence-electron chi connectivity index (χ2n) is 4.49. The monoisotopic (exact) mass is 230 g/mol. The highest BCUT2D eigenvalue weighted by Gasteiger charge is 2.29. The minimum absolute atomic E-state index is 0.344. The first kappa shape index (κ1) is 14.7. The van der Waals surface area contributed by atoms with Gasteiger partial charge in [0.25, 0.3) is 0 Å². The molecule has 0 saturated heterocycles. The van der Waals surface area contributed by atoms with Gasteiger partial charge < -0.3 is 15.3 Å². The molecular formula is C11H22N2O3. The summed E-state index contributed by atoms with van der Waals surface area (Å²) in [6.07, 6.45) is 3.10. The third-order valence-corrected chi connectivity index (χ3v) is 2.40. The van der Waals surface area contributed by atoms with Gasteiger partial charge >= 0.3 is 12.0 Å². The van der Waals surface area contributed by atoms with Gasteiger partial charge in [-0.15, -0.1) is 0 Å². The van der Waals surface area contributed by atoms with E-state index in [-0.39, 0.29) is 6.03 Å². The van der Waals surface area contributed by atoms with Crippen molar-refractivity contribution in [1.29, 1.82) is 0 Å². The summed E-state index contributed by atoms with van der Waals surface area (Å²) >= 11 is 0. The first-order valence-electron chi connectivity index (χ1n) is 5.58. The summed E-state index contributed by atoms with van der Waals surface area (Å²) in [7, 11) is 1.67. The number of carbonyl (C=O) groups is 2. The average Bonchev–Trinajstić information content (AvgIpc) is 2.17. The molecule has 2 amide bonds. The fourth-order valence-electron chi connectivity index (χ4n) is 1.12. The molecule has 0 saturated carbocycles. The lowest BCUT2D eigenvalue weighted by molar-refractivity contribution is -0.143. The van der Waals surface area contributed by atoms with Gasteiger partial charge in [0, 0.05) is 13.6 Å². The Morgan fingerprint density at radius 2 is 1.88 bits per heavy atom. The van der Waals surface area contributed by atoms with E-state index in [1.165, 1.54) is 18.7 Å². The van der Waals surface area contributed by atoms with E-state index in [0.29, 0.717) is 6.54 Å². The van der Waals surface area contributed by atoms with Crippen molar-refractivity contribution in [3.8, 4) is 0 Å². The summed E-state index contributed by atoms with van der Waals surface area (Å²) in [4.78, 5) is 23.9. The molecule has 0 aromatic heterocycles. The van der Waals surface area contributed by atoms with Crippen LogP contribution in [0.15, 0.2) is 0 Å². The van der Waals surface area contributed by atoms with Crippen LogP contribution in [-0.2, 0) is 4.79 Å². The Balaban J connectivity index is 4.10. The van der Waals surface area contributed by atoms with Crippen molar-refractivity contribution < 1.29 is 14.7 Å². The van der Waals surface area contributed by atoms with E-state index in [1.54, 1.807) is 7.05 Å². The van der Waals surface area contributed by atoms with Crippen molar-refractivity contribution >= 4 is 12.0 Å². The van der Waals surface area contributed by atoms with Crippen molar-refractivity contribution in [2.45, 2.75) is 45.6 Å². The predicted molar refractivity (Wildman–Crippen MR) is 62.4 cm³/mol. The number of nitrogens with zero attached hydrogens (tertiary/aromatic N) is 1. The number of carboxylic acid groups (broad SMARTS) is 1. The smallest absolute Gasteiger partial charge is 0.328 e. The van der Waals surface area contributed by atoms with Gasteiger partial charge in [-0.2, -0.15) is 0 Å². The number of hydrogen-bond acceptors (Lipinski definition) is 2. The SMILES string of the molecule is CCCCCN(C)C(=O)NC(C)(C)C(=O)O. The highest BCUT2D eigenvalue weighted by Crippen LogP contribution is 2.04. The molecule has 94 valence electrons. The molecule has 0 aliphatic rings. The van der Waals surface area contributed by atoms with Crippen LogP contribution in [0.5, 0.6) is 0 Å². The lowest BCUT2D eigenvalue weighted by Crippen LogP contribution is -2.53. The zero-order valence-electron chi connectivity index (χ0n) is 10.5. The maximum atomic E-state index is 11.6. The molecule has 0 spiro atoms. The van der Waals surface area contributed by atoms with Crippen LogP contribution < -0.4 is 5.32 Å². The van der Waals surface area contributed by atoms with Crippen molar-refractivity contribution in [3.63, 3.8) is 0 Å². The van der Waals surface area contributed by atoms with Crippen molar-refractivity contribution in [3.05, 3.63) is 0 Å². The number of aliphatic carboxylic acids is 1. The molecule has 5 nitrogen and oxygen atoms in total. The fraction of sp³-hybridized carbons (Fsp3) is 0.818. The molecule has 5 heteroatoms. The zero-order chi connectivity index (χ0) is 12.8. The highest BCUT2D eigenvalue weighted by atomic mass is 16.4. The number of nitrogens with one attached hydrogen (secondary N) is 1. The van der Waals surface area contributed by atoms with Gasteiger partial charge in [-0.3, -0.25) is 0 Å². The van der Waals surface area contributed by atoms with Gasteiger partial charge in [-0.05, 0) is 20.3 Å². The molecule has 0 aromatic carbocycles. The Labute approximate surface area is 96.8 Å². The number of hydrogen-bond donors (Lipinski definition) is 2. The lowest BCUT2D eigenvalue weighted by Gasteiger charge is -2.25. The van der Waals surface area contributed by atoms with Gasteiger partial charge in [0.15, 0.2) is 0 Å². The molecular weight excluding hydrogens is 208 g/mol. The lowest BCUT2D eigenvalue weighted by atomic mass is 10.1. The summed E-state index contributed by atoms with van der Waals surface area (Å²) in [6, 6.07) is -0.344. The number of amides is 2. The third kappa shape index (κ3) is 5.00. The Hall–Kier alpha value is -1.26. The average molecular weight is 230 g/mol. The Morgan fingerprint density at radius 1 is 1.31 bits per heavy atom. The van der Waals surface area contributed by atoms with Crippen molar-refractivity contribution in [2.75, 3.05) is 13.6 Å². The van der Waals surface area contributed by atoms with Crippen LogP contribution in [0.3, 0.4) is 0 Å². The largest absolute Gasteiger partial charge is 0.480 e. The van der Waals surface area contributed by atoms with Crippen LogP contribution >= 0.6 is 0 Å². The van der Waals surface area contributed by atoms with Gasteiger partial charge in [0.1, 0.15) is 5.54 Å². The number of carboxylic acids is 1. The van der Waals surface area contributed by atoms with Crippen LogP contribution in [0.4, 0.5) is 4.79 Å². The molecule has 0 fully saturated rings. The second-order valence-corrected chi connectivity index (χ2v) is 4.49. The Kier molecular flexibility index (Phi) is 5.85. The first-order chi connectivity index (χ1) is 7.31. The Morgan fingerprint density at radius 3 is 2.31 bits per heavy atom. The minimum Gasteiger partial charge on any atom is -0.480 e. The summed E-state index contributed by atoms with van der Waals surface area (Å²) in [5.41, 5.74) is -1.23. The number of unbranched alkanes of at least 4 members (excludes halogenated alkanes) is 2. The molecule has 0 aromatic rings. The van der Waals surface area contributed by atoms with Crippen LogP contribution in [0.2, 0.25) is 0 Å². The van der Waals surface area contributed by atoms with Crippen LogP contribution in [0.1, 0.15) is 40.0 Å². The maximum absolute atomic E-state index is 11.6. The standard InChI is InChI=1S/C11H22N2O3/c1-5-6-7-8-13(4)10(16)12-11(2,3)9(14)15/h5-8H2,1-4H3,(H,12,16)(H,14,15). The van der Waals surface area contributed by atoms with Gasteiger partial charge in [-0.1, -0.05) is 19.8 Å². The van der Waals surface area contributed by atoms with Gasteiger partial charge in [-0.25, -0.2) is 9.59 Å². The van der Waals surface area contributed by atoms with E-state index in [0.717, 1.165) is 19.3 Å². The number of carbonyl (C=O) groups excluding carboxylic acids is 1. The number of urea groups is 1. The van der Waals surface area contributed by atoms with E-state index in [4.69, 9.17) is 5.11 Å². The van der Waals surface area contributed by atoms with Crippen LogP contribution in [-0.4, -0.2) is 41.1 Å². The van der Waals surface area contributed by atoms with Crippen LogP contribution in [0, 0.1) is 0 Å². The van der Waals surface area contributed by atoms with Crippen LogP contribution in [0.25, 0.3) is 0 Å². The van der Waals surface area contributed by atoms with E-state index < -0.39 is 11.5 Å². The summed E-state index contributed by atoms with van der Waals surface area (Å²) < 4.78 is 0. The normalized spacial score (nSPS) is 11.0. The first-order valence-corrected chi connectivity index (χ1v) is 5.58. The molecule has 2 N–H and O–H groups in total. The molecule has 0 unspecified atom stereocenters. The van der Waals surface area contributed by atoms with Crippen molar-refractivity contribution in [2.24, 2.45) is 0 Å². The minimum atomic E-state index is -1.23. The molecule has 0 aliphatic heterocycles. The molecule has 0 rings (SSSR count). The molecule has 0 bridgehead atoms. The summed E-state index contributed by atoms with van der Waals surface area (Å²) in [6.45, 7) is 5.67. The fourth-order valence-corrected chi connectivity index (χ4v) is 1.12. The van der Waals surface area contributed by atoms with E-state index in [2.05, 4.69) is 12.2 Å². The van der Waals surface area contributed by atoms with Gasteiger partial charge in [0.05, 0.1) is 0 Å². The molecule has 0 atom stereocenters. The third-order valence-electron chi connectivity index (χ3n) is 2.40. The van der Waals surface area contributed by atoms with E-state index in [9.17, 15) is 9.59 Å². The predicted octanol–water partition coefficient (Wildman–Crippen LogP) is 1.68. The van der Waals surface area contributed by atoms with Crippen molar-refractivity contribution in [1.82, 2.24) is 10.2 Å². The second kappa shape index (κ2) is 6.35. The number of rotatable bonds is 6. The molecule has 0 heterocycles. The molecule has 16 heavy (non-hydrogen) atoms. The van der Waals surface area contributed by atoms with E-state index >= 15 is 0 Å².